The Labute approximate surface area is 171 Å². The highest BCUT2D eigenvalue weighted by atomic mass is 32.1. The highest BCUT2D eigenvalue weighted by molar-refractivity contribution is 7.17. The number of ether oxygens (including phenoxy) is 1. The molecule has 1 aromatic heterocycles. The van der Waals surface area contributed by atoms with Crippen molar-refractivity contribution in [3.8, 4) is 0 Å². The summed E-state index contributed by atoms with van der Waals surface area (Å²) in [5.41, 5.74) is 3.36. The minimum Gasteiger partial charge on any atom is -0.462 e. The van der Waals surface area contributed by atoms with Crippen molar-refractivity contribution >= 4 is 28.2 Å². The lowest BCUT2D eigenvalue weighted by molar-refractivity contribution is 0.0526. The number of benzene rings is 1. The minimum absolute atomic E-state index is 0.186. The molecule has 1 aromatic carbocycles. The van der Waals surface area contributed by atoms with E-state index in [4.69, 9.17) is 4.74 Å². The summed E-state index contributed by atoms with van der Waals surface area (Å²) < 4.78 is 5.31. The Morgan fingerprint density at radius 1 is 1.25 bits per heavy atom. The SMILES string of the molecule is CCOC(=O)c1c(NC(=O)c2ccccc2C)sc2c1CC[C@@H](C(C)(C)C)C2. The average molecular weight is 400 g/mol. The van der Waals surface area contributed by atoms with Crippen molar-refractivity contribution < 1.29 is 14.3 Å². The van der Waals surface area contributed by atoms with Crippen LogP contribution in [0.25, 0.3) is 0 Å². The van der Waals surface area contributed by atoms with Gasteiger partial charge >= 0.3 is 5.97 Å². The lowest BCUT2D eigenvalue weighted by Crippen LogP contribution is -2.26. The van der Waals surface area contributed by atoms with Gasteiger partial charge < -0.3 is 10.1 Å². The number of carbonyl (C=O) groups is 2. The van der Waals surface area contributed by atoms with Crippen LogP contribution in [0.1, 0.15) is 70.8 Å². The standard InChI is InChI=1S/C23H29NO3S/c1-6-27-22(26)19-17-12-11-15(23(3,4)5)13-18(17)28-21(19)24-20(25)16-10-8-7-9-14(16)2/h7-10,15H,6,11-13H2,1-5H3,(H,24,25)/t15-/m1/s1. The third-order valence-electron chi connectivity index (χ3n) is 5.59. The number of nitrogens with one attached hydrogen (secondary N) is 1. The number of hydrogen-bond donors (Lipinski definition) is 1. The van der Waals surface area contributed by atoms with Gasteiger partial charge in [0.05, 0.1) is 12.2 Å². The normalized spacial score (nSPS) is 16.4. The molecule has 0 aliphatic heterocycles. The first kappa shape index (κ1) is 20.6. The van der Waals surface area contributed by atoms with Gasteiger partial charge in [0.1, 0.15) is 5.00 Å². The van der Waals surface area contributed by atoms with Crippen molar-refractivity contribution in [1.29, 1.82) is 0 Å². The summed E-state index contributed by atoms with van der Waals surface area (Å²) in [7, 11) is 0. The Morgan fingerprint density at radius 2 is 1.96 bits per heavy atom. The molecule has 0 bridgehead atoms. The van der Waals surface area contributed by atoms with Gasteiger partial charge in [0.15, 0.2) is 0 Å². The number of esters is 1. The van der Waals surface area contributed by atoms with E-state index in [1.165, 1.54) is 16.2 Å². The summed E-state index contributed by atoms with van der Waals surface area (Å²) in [6.07, 6.45) is 2.84. The van der Waals surface area contributed by atoms with E-state index in [-0.39, 0.29) is 17.3 Å². The number of aryl methyl sites for hydroxylation is 1. The number of rotatable bonds is 4. The van der Waals surface area contributed by atoms with Crippen LogP contribution in [0.4, 0.5) is 5.00 Å². The third-order valence-corrected chi connectivity index (χ3v) is 6.76. The molecule has 5 heteroatoms. The van der Waals surface area contributed by atoms with Gasteiger partial charge in [-0.1, -0.05) is 39.0 Å². The maximum absolute atomic E-state index is 12.8. The van der Waals surface area contributed by atoms with E-state index < -0.39 is 0 Å². The Morgan fingerprint density at radius 3 is 2.61 bits per heavy atom. The zero-order valence-electron chi connectivity index (χ0n) is 17.3. The molecule has 1 aliphatic carbocycles. The van der Waals surface area contributed by atoms with Crippen LogP contribution in [-0.2, 0) is 17.6 Å². The number of fused-ring (bicyclic) bond motifs is 1. The second-order valence-corrected chi connectivity index (χ2v) is 9.61. The van der Waals surface area contributed by atoms with Gasteiger partial charge in [-0.05, 0) is 61.6 Å². The molecular formula is C23H29NO3S. The van der Waals surface area contributed by atoms with Crippen molar-refractivity contribution in [3.63, 3.8) is 0 Å². The zero-order valence-corrected chi connectivity index (χ0v) is 18.2. The van der Waals surface area contributed by atoms with Crippen LogP contribution in [0.2, 0.25) is 0 Å². The lowest BCUT2D eigenvalue weighted by atomic mass is 9.72. The number of thiophene rings is 1. The van der Waals surface area contributed by atoms with E-state index in [9.17, 15) is 9.59 Å². The van der Waals surface area contributed by atoms with E-state index in [2.05, 4.69) is 26.1 Å². The molecular weight excluding hydrogens is 370 g/mol. The molecule has 1 amide bonds. The van der Waals surface area contributed by atoms with E-state index in [0.29, 0.717) is 28.7 Å². The number of amides is 1. The third kappa shape index (κ3) is 4.14. The molecule has 3 rings (SSSR count). The molecule has 28 heavy (non-hydrogen) atoms. The smallest absolute Gasteiger partial charge is 0.341 e. The summed E-state index contributed by atoms with van der Waals surface area (Å²) >= 11 is 1.53. The van der Waals surface area contributed by atoms with Crippen LogP contribution in [0.3, 0.4) is 0 Å². The first-order valence-electron chi connectivity index (χ1n) is 9.91. The Hall–Kier alpha value is -2.14. The molecule has 1 aliphatic rings. The molecule has 1 N–H and O–H groups in total. The first-order chi connectivity index (χ1) is 13.2. The molecule has 0 saturated carbocycles. The van der Waals surface area contributed by atoms with Crippen molar-refractivity contribution in [2.75, 3.05) is 11.9 Å². The maximum atomic E-state index is 12.8. The van der Waals surface area contributed by atoms with Gasteiger partial charge in [-0.3, -0.25) is 4.79 Å². The topological polar surface area (TPSA) is 55.4 Å². The molecule has 1 heterocycles. The predicted molar refractivity (Wildman–Crippen MR) is 114 cm³/mol. The Kier molecular flexibility index (Phi) is 5.94. The van der Waals surface area contributed by atoms with Gasteiger partial charge in [-0.2, -0.15) is 0 Å². The Balaban J connectivity index is 1.96. The quantitative estimate of drug-likeness (QED) is 0.677. The highest BCUT2D eigenvalue weighted by Gasteiger charge is 2.34. The summed E-state index contributed by atoms with van der Waals surface area (Å²) in [5, 5.41) is 3.61. The molecule has 0 unspecified atom stereocenters. The van der Waals surface area contributed by atoms with Gasteiger partial charge in [-0.25, -0.2) is 4.79 Å². The lowest BCUT2D eigenvalue weighted by Gasteiger charge is -2.33. The van der Waals surface area contributed by atoms with Crippen molar-refractivity contribution in [3.05, 3.63) is 51.4 Å². The van der Waals surface area contributed by atoms with Crippen LogP contribution >= 0.6 is 11.3 Å². The largest absolute Gasteiger partial charge is 0.462 e. The molecule has 1 atom stereocenters. The fraction of sp³-hybridized carbons (Fsp3) is 0.478. The second kappa shape index (κ2) is 8.08. The summed E-state index contributed by atoms with van der Waals surface area (Å²) in [5.74, 6) is 0.0394. The van der Waals surface area contributed by atoms with Crippen molar-refractivity contribution in [2.24, 2.45) is 11.3 Å². The molecule has 4 nitrogen and oxygen atoms in total. The first-order valence-corrected chi connectivity index (χ1v) is 10.7. The summed E-state index contributed by atoms with van der Waals surface area (Å²) in [6, 6.07) is 7.47. The van der Waals surface area contributed by atoms with E-state index in [0.717, 1.165) is 30.4 Å². The van der Waals surface area contributed by atoms with Gasteiger partial charge in [0, 0.05) is 10.4 Å². The van der Waals surface area contributed by atoms with Gasteiger partial charge in [0.2, 0.25) is 0 Å². The molecule has 0 fully saturated rings. The van der Waals surface area contributed by atoms with Crippen LogP contribution in [-0.4, -0.2) is 18.5 Å². The molecule has 0 saturated heterocycles. The molecule has 0 radical (unpaired) electrons. The number of carbonyl (C=O) groups excluding carboxylic acids is 2. The number of hydrogen-bond acceptors (Lipinski definition) is 4. The highest BCUT2D eigenvalue weighted by Crippen LogP contribution is 2.44. The van der Waals surface area contributed by atoms with Gasteiger partial charge in [-0.15, -0.1) is 11.3 Å². The van der Waals surface area contributed by atoms with E-state index in [1.807, 2.05) is 25.1 Å². The molecule has 150 valence electrons. The summed E-state index contributed by atoms with van der Waals surface area (Å²) in [6.45, 7) is 10.8. The van der Waals surface area contributed by atoms with Crippen LogP contribution in [0.15, 0.2) is 24.3 Å². The zero-order chi connectivity index (χ0) is 20.5. The molecule has 0 spiro atoms. The second-order valence-electron chi connectivity index (χ2n) is 8.50. The predicted octanol–water partition coefficient (Wildman–Crippen LogP) is 5.64. The van der Waals surface area contributed by atoms with Crippen LogP contribution in [0.5, 0.6) is 0 Å². The minimum atomic E-state index is -0.339. The fourth-order valence-corrected chi connectivity index (χ4v) is 5.14. The average Bonchev–Trinajstić information content (AvgIpc) is 2.98. The van der Waals surface area contributed by atoms with Crippen molar-refractivity contribution in [2.45, 2.75) is 53.9 Å². The van der Waals surface area contributed by atoms with Crippen molar-refractivity contribution in [1.82, 2.24) is 0 Å². The maximum Gasteiger partial charge on any atom is 0.341 e. The summed E-state index contributed by atoms with van der Waals surface area (Å²) in [4.78, 5) is 26.7. The number of anilines is 1. The molecule has 2 aromatic rings. The fourth-order valence-electron chi connectivity index (χ4n) is 3.83. The van der Waals surface area contributed by atoms with Crippen LogP contribution in [0, 0.1) is 18.3 Å². The van der Waals surface area contributed by atoms with Crippen LogP contribution < -0.4 is 5.32 Å². The Bertz CT molecular complexity index is 892. The van der Waals surface area contributed by atoms with E-state index >= 15 is 0 Å². The van der Waals surface area contributed by atoms with E-state index in [1.54, 1.807) is 13.0 Å². The van der Waals surface area contributed by atoms with Gasteiger partial charge in [0.25, 0.3) is 5.91 Å². The monoisotopic (exact) mass is 399 g/mol.